The zero-order valence-electron chi connectivity index (χ0n) is 34.1. The molecule has 2 aromatic rings. The van der Waals surface area contributed by atoms with Gasteiger partial charge in [0.15, 0.2) is 11.9 Å². The molecule has 1 aliphatic heterocycles. The van der Waals surface area contributed by atoms with Crippen LogP contribution in [0.15, 0.2) is 71.8 Å². The molecular weight excluding hydrogens is 754 g/mol. The topological polar surface area (TPSA) is 224 Å². The average molecular weight is 810 g/mol. The van der Waals surface area contributed by atoms with Gasteiger partial charge in [-0.05, 0) is 63.5 Å². The van der Waals surface area contributed by atoms with Crippen LogP contribution in [-0.2, 0) is 38.1 Å². The van der Waals surface area contributed by atoms with Crippen LogP contribution in [0.5, 0.6) is 0 Å². The summed E-state index contributed by atoms with van der Waals surface area (Å²) in [5.41, 5.74) is -6.07. The number of esters is 3. The molecule has 2 aromatic carbocycles. The van der Waals surface area contributed by atoms with Crippen molar-refractivity contribution < 1.29 is 68.1 Å². The Morgan fingerprint density at radius 2 is 1.57 bits per heavy atom. The Kier molecular flexibility index (Phi) is 12.9. The van der Waals surface area contributed by atoms with Gasteiger partial charge in [-0.2, -0.15) is 0 Å². The molecule has 316 valence electrons. The van der Waals surface area contributed by atoms with E-state index in [1.54, 1.807) is 83.1 Å². The number of amides is 1. The van der Waals surface area contributed by atoms with Crippen molar-refractivity contribution in [3.05, 3.63) is 82.9 Å². The molecule has 5 rings (SSSR count). The summed E-state index contributed by atoms with van der Waals surface area (Å²) in [4.78, 5) is 67.4. The highest BCUT2D eigenvalue weighted by Crippen LogP contribution is 2.58. The number of fused-ring (bicyclic) bond motifs is 3. The highest BCUT2D eigenvalue weighted by atomic mass is 16.6. The van der Waals surface area contributed by atoms with Gasteiger partial charge in [0.2, 0.25) is 0 Å². The van der Waals surface area contributed by atoms with Crippen LogP contribution in [0.2, 0.25) is 0 Å². The molecule has 1 heterocycles. The Labute approximate surface area is 337 Å². The van der Waals surface area contributed by atoms with Crippen molar-refractivity contribution in [1.29, 1.82) is 0 Å². The van der Waals surface area contributed by atoms with E-state index in [-0.39, 0.29) is 29.7 Å². The molecule has 0 aromatic heterocycles. The first kappa shape index (κ1) is 44.4. The molecule has 5 N–H and O–H groups in total. The number of aliphatic hydroxyl groups excluding tert-OH is 3. The molecule has 0 spiro atoms. The van der Waals surface area contributed by atoms with Gasteiger partial charge in [-0.3, -0.25) is 9.59 Å². The van der Waals surface area contributed by atoms with Crippen molar-refractivity contribution in [2.24, 2.45) is 16.7 Å². The van der Waals surface area contributed by atoms with Crippen molar-refractivity contribution >= 4 is 29.8 Å². The second-order valence-electron chi connectivity index (χ2n) is 17.1. The monoisotopic (exact) mass is 809 g/mol. The lowest BCUT2D eigenvalue weighted by atomic mass is 9.50. The minimum atomic E-state index is -2.26. The fraction of sp³-hybridized carbons (Fsp3) is 0.558. The van der Waals surface area contributed by atoms with Crippen molar-refractivity contribution in [2.45, 2.75) is 122 Å². The van der Waals surface area contributed by atoms with E-state index >= 15 is 0 Å². The Morgan fingerprint density at radius 1 is 0.966 bits per heavy atom. The van der Waals surface area contributed by atoms with Gasteiger partial charge < -0.3 is 49.4 Å². The van der Waals surface area contributed by atoms with E-state index in [1.807, 2.05) is 0 Å². The van der Waals surface area contributed by atoms with E-state index in [1.165, 1.54) is 32.9 Å². The first-order valence-corrected chi connectivity index (χ1v) is 19.3. The smallest absolute Gasteiger partial charge is 0.408 e. The van der Waals surface area contributed by atoms with Gasteiger partial charge in [0, 0.05) is 31.1 Å². The quantitative estimate of drug-likeness (QED) is 0.139. The molecule has 0 radical (unpaired) electrons. The standard InChI is InChI=1S/C43H55NO14/c1-23-29(56-38(51)34(48)32(25-15-11-9-12-16-25)44-39(52)58-40(3,4)5)20-43(53)36(57-37(50)26-17-13-10-14-18-26)28-22-55-27(21-54-24(2)45)19-30(46)42(28,8)35(49)33(47)31(23)41(43,6)7/h9-18,27-30,32-34,36,46-48,53H,19-22H2,1-8H3,(H,44,52)/t27-,28+,29+,30+,32?,33-,34-,36+,42+,43-/m1/s1. The molecule has 15 heteroatoms. The predicted molar refractivity (Wildman–Crippen MR) is 206 cm³/mol. The van der Waals surface area contributed by atoms with Crippen LogP contribution in [0.25, 0.3) is 0 Å². The van der Waals surface area contributed by atoms with Gasteiger partial charge in [-0.25, -0.2) is 14.4 Å². The molecule has 1 unspecified atom stereocenters. The second-order valence-corrected chi connectivity index (χ2v) is 17.1. The zero-order valence-corrected chi connectivity index (χ0v) is 34.1. The SMILES string of the molecule is CC(=O)OC[C@H]1C[C@H](O)[C@@]2(C)C(=O)[C@H](O)C3=C(C)[C@@H](OC(=O)[C@H](O)C(NC(=O)OC(C)(C)C)c4ccccc4)C[C@@](O)([C@@H](OC(=O)c4ccccc4)[C@@H]2CO1)C3(C)C. The van der Waals surface area contributed by atoms with Crippen molar-refractivity contribution in [3.63, 3.8) is 0 Å². The van der Waals surface area contributed by atoms with Crippen molar-refractivity contribution in [2.75, 3.05) is 13.2 Å². The highest BCUT2D eigenvalue weighted by molar-refractivity contribution is 5.93. The number of alkyl carbamates (subject to hydrolysis) is 1. The lowest BCUT2D eigenvalue weighted by molar-refractivity contribution is -0.219. The van der Waals surface area contributed by atoms with Gasteiger partial charge in [0.25, 0.3) is 0 Å². The fourth-order valence-electron chi connectivity index (χ4n) is 8.53. The number of hydrogen-bond donors (Lipinski definition) is 5. The summed E-state index contributed by atoms with van der Waals surface area (Å²) in [6.45, 7) is 11.5. The van der Waals surface area contributed by atoms with Gasteiger partial charge in [0.1, 0.15) is 36.1 Å². The maximum absolute atomic E-state index is 14.8. The first-order chi connectivity index (χ1) is 27.0. The Balaban J connectivity index is 1.60. The molecule has 3 aliphatic rings. The third kappa shape index (κ3) is 8.69. The molecule has 1 saturated carbocycles. The number of ether oxygens (including phenoxy) is 5. The van der Waals surface area contributed by atoms with E-state index in [4.69, 9.17) is 23.7 Å². The van der Waals surface area contributed by atoms with E-state index in [2.05, 4.69) is 5.32 Å². The average Bonchev–Trinajstić information content (AvgIpc) is 3.28. The van der Waals surface area contributed by atoms with Gasteiger partial charge >= 0.3 is 24.0 Å². The van der Waals surface area contributed by atoms with Crippen LogP contribution in [0.4, 0.5) is 4.79 Å². The van der Waals surface area contributed by atoms with E-state index in [9.17, 15) is 44.4 Å². The molecule has 2 bridgehead atoms. The van der Waals surface area contributed by atoms with Crippen molar-refractivity contribution in [3.8, 4) is 0 Å². The van der Waals surface area contributed by atoms with Crippen LogP contribution in [0.3, 0.4) is 0 Å². The molecule has 1 amide bonds. The molecule has 2 aliphatic carbocycles. The summed E-state index contributed by atoms with van der Waals surface area (Å²) in [7, 11) is 0. The highest BCUT2D eigenvalue weighted by Gasteiger charge is 2.68. The van der Waals surface area contributed by atoms with E-state index < -0.39 is 113 Å². The Bertz CT molecular complexity index is 1890. The third-order valence-corrected chi connectivity index (χ3v) is 11.9. The van der Waals surface area contributed by atoms with E-state index in [0.717, 1.165) is 0 Å². The van der Waals surface area contributed by atoms with Crippen LogP contribution in [0.1, 0.15) is 90.2 Å². The maximum atomic E-state index is 14.8. The van der Waals surface area contributed by atoms with Gasteiger partial charge in [-0.15, -0.1) is 0 Å². The maximum Gasteiger partial charge on any atom is 0.408 e. The number of aliphatic hydroxyl groups is 4. The molecule has 1 saturated heterocycles. The van der Waals surface area contributed by atoms with Crippen LogP contribution in [0, 0.1) is 16.7 Å². The van der Waals surface area contributed by atoms with Crippen LogP contribution >= 0.6 is 0 Å². The molecule has 10 atom stereocenters. The summed E-state index contributed by atoms with van der Waals surface area (Å²) < 4.78 is 28.9. The number of rotatable bonds is 9. The van der Waals surface area contributed by atoms with Crippen molar-refractivity contribution in [1.82, 2.24) is 5.32 Å². The fourth-order valence-corrected chi connectivity index (χ4v) is 8.53. The first-order valence-electron chi connectivity index (χ1n) is 19.3. The lowest BCUT2D eigenvalue weighted by Crippen LogP contribution is -2.70. The number of carbonyl (C=O) groups excluding carboxylic acids is 5. The summed E-state index contributed by atoms with van der Waals surface area (Å²) in [5.74, 6) is -4.90. The molecule has 2 fully saturated rings. The summed E-state index contributed by atoms with van der Waals surface area (Å²) in [6.07, 6.45) is -11.2. The summed E-state index contributed by atoms with van der Waals surface area (Å²) in [6, 6.07) is 14.7. The van der Waals surface area contributed by atoms with E-state index in [0.29, 0.717) is 5.56 Å². The van der Waals surface area contributed by atoms with Crippen LogP contribution < -0.4 is 5.32 Å². The number of carbonyl (C=O) groups is 5. The summed E-state index contributed by atoms with van der Waals surface area (Å²) >= 11 is 0. The summed E-state index contributed by atoms with van der Waals surface area (Å²) in [5, 5.41) is 51.3. The number of Topliss-reactive ketones (excluding diaryl/α,β-unsaturated/α-hetero) is 1. The van der Waals surface area contributed by atoms with Gasteiger partial charge in [0.05, 0.1) is 35.8 Å². The number of nitrogens with one attached hydrogen (secondary N) is 1. The third-order valence-electron chi connectivity index (χ3n) is 11.9. The largest absolute Gasteiger partial charge is 0.463 e. The number of ketones is 1. The second kappa shape index (κ2) is 16.9. The minimum Gasteiger partial charge on any atom is -0.463 e. The van der Waals surface area contributed by atoms with Crippen LogP contribution in [-0.4, -0.2) is 111 Å². The molecule has 58 heavy (non-hydrogen) atoms. The Morgan fingerprint density at radius 3 is 2.16 bits per heavy atom. The van der Waals surface area contributed by atoms with Gasteiger partial charge in [-0.1, -0.05) is 62.4 Å². The lowest BCUT2D eigenvalue weighted by Gasteiger charge is -2.59. The Hall–Kier alpha value is -4.67. The predicted octanol–water partition coefficient (Wildman–Crippen LogP) is 3.51. The minimum absolute atomic E-state index is 0.0423. The number of hydrogen-bond acceptors (Lipinski definition) is 14. The molecule has 15 nitrogen and oxygen atoms in total. The zero-order chi connectivity index (χ0) is 43.0. The molecular formula is C43H55NO14. The normalized spacial score (nSPS) is 30.6. The number of benzene rings is 2.